The zero-order chi connectivity index (χ0) is 25.1. The minimum absolute atomic E-state index is 0.0394. The molecule has 1 aliphatic heterocycles. The number of benzene rings is 2. The summed E-state index contributed by atoms with van der Waals surface area (Å²) in [7, 11) is -3.48. The average Bonchev–Trinajstić information content (AvgIpc) is 3.11. The van der Waals surface area contributed by atoms with Crippen LogP contribution in [0.3, 0.4) is 0 Å². The molecule has 2 aromatic rings. The van der Waals surface area contributed by atoms with Gasteiger partial charge in [0.05, 0.1) is 17.3 Å². The molecule has 3 N–H and O–H groups in total. The highest BCUT2D eigenvalue weighted by atomic mass is 32.3. The van der Waals surface area contributed by atoms with Crippen LogP contribution in [0.4, 0.5) is 13.2 Å². The number of hydroxylamine groups is 2. The largest absolute Gasteiger partial charge is 0.573 e. The van der Waals surface area contributed by atoms with Gasteiger partial charge >= 0.3 is 6.36 Å². The average molecular weight is 507 g/mol. The molecule has 1 amide bonds. The zero-order valence-corrected chi connectivity index (χ0v) is 19.0. The van der Waals surface area contributed by atoms with Crippen LogP contribution in [0.5, 0.6) is 17.2 Å². The minimum atomic E-state index is -4.80. The quantitative estimate of drug-likeness (QED) is 0.250. The molecule has 3 rings (SSSR count). The standard InChI is InChI=1S/C21H24F3NO8S/c1-20(2)30-11-19(33-20)18(25(27)13-26)12-34(28,29)17-9-7-15(8-10-17)31-14-3-5-16(6-4-14)32-21(22,23)24/h3-10,13,18-19,27-29H,11-12H2,1-2H3/t18-,19-/m1/s1. The molecule has 1 fully saturated rings. The molecule has 0 radical (unpaired) electrons. The summed E-state index contributed by atoms with van der Waals surface area (Å²) in [6, 6.07) is 9.33. The van der Waals surface area contributed by atoms with Crippen molar-refractivity contribution in [3.63, 3.8) is 0 Å². The summed E-state index contributed by atoms with van der Waals surface area (Å²) in [6.45, 7) is 3.35. The molecule has 2 atom stereocenters. The third kappa shape index (κ3) is 6.98. The van der Waals surface area contributed by atoms with Gasteiger partial charge < -0.3 is 18.9 Å². The molecule has 9 nitrogen and oxygen atoms in total. The normalized spacial score (nSPS) is 19.4. The maximum absolute atomic E-state index is 12.2. The van der Waals surface area contributed by atoms with Crippen LogP contribution in [0.1, 0.15) is 13.8 Å². The molecule has 2 aromatic carbocycles. The Labute approximate surface area is 194 Å². The number of hydrogen-bond donors (Lipinski definition) is 3. The second kappa shape index (κ2) is 9.98. The van der Waals surface area contributed by atoms with Crippen molar-refractivity contribution in [3.05, 3.63) is 48.5 Å². The molecule has 1 heterocycles. The van der Waals surface area contributed by atoms with Gasteiger partial charge in [-0.25, -0.2) is 5.06 Å². The van der Waals surface area contributed by atoms with Gasteiger partial charge in [0.2, 0.25) is 6.41 Å². The van der Waals surface area contributed by atoms with E-state index < -0.39 is 46.4 Å². The van der Waals surface area contributed by atoms with Crippen LogP contribution < -0.4 is 9.47 Å². The monoisotopic (exact) mass is 507 g/mol. The van der Waals surface area contributed by atoms with Gasteiger partial charge in [0.15, 0.2) is 5.79 Å². The number of halogens is 3. The molecular formula is C21H24F3NO8S. The zero-order valence-electron chi connectivity index (χ0n) is 18.1. The molecule has 0 bridgehead atoms. The summed E-state index contributed by atoms with van der Waals surface area (Å²) < 4.78 is 78.7. The van der Waals surface area contributed by atoms with Crippen LogP contribution >= 0.6 is 10.6 Å². The highest BCUT2D eigenvalue weighted by Crippen LogP contribution is 2.50. The Kier molecular flexibility index (Phi) is 7.65. The van der Waals surface area contributed by atoms with Crippen molar-refractivity contribution >= 4 is 17.0 Å². The smallest absolute Gasteiger partial charge is 0.457 e. The van der Waals surface area contributed by atoms with E-state index in [1.165, 1.54) is 36.4 Å². The van der Waals surface area contributed by atoms with Crippen molar-refractivity contribution in [3.8, 4) is 17.2 Å². The second-order valence-corrected chi connectivity index (χ2v) is 9.98. The first kappa shape index (κ1) is 26.1. The van der Waals surface area contributed by atoms with E-state index in [1.807, 2.05) is 0 Å². The van der Waals surface area contributed by atoms with E-state index in [0.717, 1.165) is 12.1 Å². The van der Waals surface area contributed by atoms with Crippen LogP contribution in [-0.2, 0) is 14.3 Å². The van der Waals surface area contributed by atoms with E-state index in [-0.39, 0.29) is 29.4 Å². The van der Waals surface area contributed by atoms with Crippen molar-refractivity contribution < 1.29 is 51.2 Å². The fourth-order valence-electron chi connectivity index (χ4n) is 3.24. The molecule has 0 saturated carbocycles. The van der Waals surface area contributed by atoms with E-state index in [2.05, 4.69) is 4.74 Å². The molecule has 0 aromatic heterocycles. The molecule has 1 saturated heterocycles. The molecule has 34 heavy (non-hydrogen) atoms. The van der Waals surface area contributed by atoms with Gasteiger partial charge in [0.1, 0.15) is 29.4 Å². The van der Waals surface area contributed by atoms with Crippen molar-refractivity contribution in [2.45, 2.75) is 43.0 Å². The number of carbonyl (C=O) groups is 1. The first-order valence-corrected chi connectivity index (χ1v) is 11.6. The lowest BCUT2D eigenvalue weighted by atomic mass is 10.2. The van der Waals surface area contributed by atoms with Gasteiger partial charge in [0.25, 0.3) is 0 Å². The third-order valence-electron chi connectivity index (χ3n) is 4.80. The lowest BCUT2D eigenvalue weighted by Crippen LogP contribution is -2.46. The molecule has 13 heteroatoms. The first-order valence-electron chi connectivity index (χ1n) is 9.92. The van der Waals surface area contributed by atoms with Gasteiger partial charge in [-0.3, -0.25) is 19.1 Å². The van der Waals surface area contributed by atoms with Crippen LogP contribution in [-0.4, -0.2) is 62.4 Å². The Hall–Kier alpha value is -2.55. The summed E-state index contributed by atoms with van der Waals surface area (Å²) in [5.41, 5.74) is 0. The topological polar surface area (TPSA) is 118 Å². The fourth-order valence-corrected chi connectivity index (χ4v) is 4.85. The van der Waals surface area contributed by atoms with E-state index in [4.69, 9.17) is 14.2 Å². The maximum atomic E-state index is 12.2. The third-order valence-corrected chi connectivity index (χ3v) is 6.64. The number of rotatable bonds is 9. The van der Waals surface area contributed by atoms with Gasteiger partial charge in [-0.2, -0.15) is 10.6 Å². The predicted octanol–water partition coefficient (Wildman–Crippen LogP) is 4.85. The van der Waals surface area contributed by atoms with Crippen molar-refractivity contribution in [2.75, 3.05) is 12.4 Å². The van der Waals surface area contributed by atoms with E-state index >= 15 is 0 Å². The molecule has 0 spiro atoms. The SMILES string of the molecule is CC1(C)OC[C@H]([C@@H](CS(O)(O)c2ccc(Oc3ccc(OC(F)(F)F)cc3)cc2)N(O)C=O)O1. The van der Waals surface area contributed by atoms with E-state index in [0.29, 0.717) is 5.06 Å². The van der Waals surface area contributed by atoms with Crippen molar-refractivity contribution in [2.24, 2.45) is 0 Å². The Morgan fingerprint density at radius 2 is 1.65 bits per heavy atom. The summed E-state index contributed by atoms with van der Waals surface area (Å²) in [6.07, 6.45) is -5.44. The Balaban J connectivity index is 1.68. The lowest BCUT2D eigenvalue weighted by Gasteiger charge is -2.38. The van der Waals surface area contributed by atoms with E-state index in [1.54, 1.807) is 13.8 Å². The fraction of sp³-hybridized carbons (Fsp3) is 0.381. The Morgan fingerprint density at radius 1 is 1.12 bits per heavy atom. The highest BCUT2D eigenvalue weighted by Gasteiger charge is 2.42. The number of carbonyl (C=O) groups excluding carboxylic acids is 1. The predicted molar refractivity (Wildman–Crippen MR) is 114 cm³/mol. The number of nitrogens with zero attached hydrogens (tertiary/aromatic N) is 1. The van der Waals surface area contributed by atoms with Crippen molar-refractivity contribution in [1.29, 1.82) is 0 Å². The summed E-state index contributed by atoms with van der Waals surface area (Å²) in [4.78, 5) is 11.3. The number of hydrogen-bond acceptors (Lipinski definition) is 8. The van der Waals surface area contributed by atoms with Gasteiger partial charge in [0, 0.05) is 0 Å². The number of ether oxygens (including phenoxy) is 4. The lowest BCUT2D eigenvalue weighted by molar-refractivity contribution is -0.274. The molecule has 0 aliphatic carbocycles. The summed E-state index contributed by atoms with van der Waals surface area (Å²) in [5, 5.41) is 10.3. The van der Waals surface area contributed by atoms with Crippen LogP contribution in [0.2, 0.25) is 0 Å². The van der Waals surface area contributed by atoms with Crippen LogP contribution in [0.25, 0.3) is 0 Å². The minimum Gasteiger partial charge on any atom is -0.457 e. The Morgan fingerprint density at radius 3 is 2.12 bits per heavy atom. The Bertz CT molecular complexity index is 969. The van der Waals surface area contributed by atoms with Crippen molar-refractivity contribution in [1.82, 2.24) is 5.06 Å². The van der Waals surface area contributed by atoms with Gasteiger partial charge in [-0.05, 0) is 62.4 Å². The van der Waals surface area contributed by atoms with Crippen LogP contribution in [0.15, 0.2) is 53.4 Å². The summed E-state index contributed by atoms with van der Waals surface area (Å²) in [5.74, 6) is -1.24. The highest BCUT2D eigenvalue weighted by molar-refractivity contribution is 8.24. The van der Waals surface area contributed by atoms with Gasteiger partial charge in [-0.15, -0.1) is 13.2 Å². The summed E-state index contributed by atoms with van der Waals surface area (Å²) >= 11 is 0. The molecule has 1 aliphatic rings. The first-order chi connectivity index (χ1) is 15.8. The maximum Gasteiger partial charge on any atom is 0.573 e. The molecule has 0 unspecified atom stereocenters. The van der Waals surface area contributed by atoms with E-state index in [9.17, 15) is 32.3 Å². The van der Waals surface area contributed by atoms with Crippen LogP contribution in [0, 0.1) is 0 Å². The molecule has 188 valence electrons. The molecular weight excluding hydrogens is 483 g/mol. The number of amides is 1. The second-order valence-electron chi connectivity index (χ2n) is 7.85. The van der Waals surface area contributed by atoms with Gasteiger partial charge in [-0.1, -0.05) is 0 Å². The number of alkyl halides is 3.